The summed E-state index contributed by atoms with van der Waals surface area (Å²) >= 11 is 0. The summed E-state index contributed by atoms with van der Waals surface area (Å²) in [7, 11) is 0. The van der Waals surface area contributed by atoms with Crippen molar-refractivity contribution >= 4 is 5.91 Å². The minimum atomic E-state index is 0.150. The second kappa shape index (κ2) is 10.7. The predicted octanol–water partition coefficient (Wildman–Crippen LogP) is 3.72. The Morgan fingerprint density at radius 3 is 2.23 bits per heavy atom. The number of nitrogens with zero attached hydrogens (tertiary/aromatic N) is 2. The number of carbonyl (C=O) groups excluding carboxylic acids is 1. The molecule has 2 aliphatic rings. The van der Waals surface area contributed by atoms with Crippen LogP contribution in [0.5, 0.6) is 0 Å². The van der Waals surface area contributed by atoms with Crippen molar-refractivity contribution in [3.63, 3.8) is 0 Å². The molecule has 2 aliphatic heterocycles. The highest BCUT2D eigenvalue weighted by Gasteiger charge is 2.31. The van der Waals surface area contributed by atoms with Crippen LogP contribution in [-0.4, -0.2) is 54.5 Å². The van der Waals surface area contributed by atoms with E-state index in [1.165, 1.54) is 24.0 Å². The van der Waals surface area contributed by atoms with Gasteiger partial charge in [0, 0.05) is 25.7 Å². The van der Waals surface area contributed by atoms with Crippen LogP contribution in [-0.2, 0) is 17.8 Å². The molecule has 1 amide bonds. The van der Waals surface area contributed by atoms with Crippen LogP contribution in [0.2, 0.25) is 0 Å². The van der Waals surface area contributed by atoms with E-state index in [0.29, 0.717) is 6.04 Å². The number of nitrogens with one attached hydrogen (secondary N) is 1. The Labute approximate surface area is 181 Å². The third kappa shape index (κ3) is 5.93. The van der Waals surface area contributed by atoms with Gasteiger partial charge in [-0.2, -0.15) is 0 Å². The Morgan fingerprint density at radius 1 is 0.867 bits per heavy atom. The minimum absolute atomic E-state index is 0.150. The molecular weight excluding hydrogens is 370 g/mol. The molecule has 1 atom stereocenters. The van der Waals surface area contributed by atoms with E-state index in [-0.39, 0.29) is 11.8 Å². The lowest BCUT2D eigenvalue weighted by atomic mass is 9.93. The van der Waals surface area contributed by atoms with Crippen molar-refractivity contribution in [2.45, 2.75) is 44.7 Å². The summed E-state index contributed by atoms with van der Waals surface area (Å²) in [4.78, 5) is 17.9. The number of rotatable bonds is 7. The molecule has 0 aliphatic carbocycles. The molecule has 30 heavy (non-hydrogen) atoms. The maximum Gasteiger partial charge on any atom is 0.224 e. The van der Waals surface area contributed by atoms with Gasteiger partial charge in [-0.15, -0.1) is 0 Å². The SMILES string of the molecule is O=C(NCCc1ccccc1)C1CCCN(C2CCN(Cc3ccccc3)CC2)C1. The predicted molar refractivity (Wildman–Crippen MR) is 122 cm³/mol. The Bertz CT molecular complexity index is 771. The molecule has 2 heterocycles. The van der Waals surface area contributed by atoms with Crippen LogP contribution < -0.4 is 5.32 Å². The van der Waals surface area contributed by atoms with Gasteiger partial charge in [0.15, 0.2) is 0 Å². The first-order valence-electron chi connectivity index (χ1n) is 11.6. The fourth-order valence-corrected chi connectivity index (χ4v) is 4.96. The summed E-state index contributed by atoms with van der Waals surface area (Å²) in [6, 6.07) is 21.8. The zero-order chi connectivity index (χ0) is 20.6. The molecule has 0 radical (unpaired) electrons. The van der Waals surface area contributed by atoms with Crippen LogP contribution in [0.3, 0.4) is 0 Å². The minimum Gasteiger partial charge on any atom is -0.355 e. The van der Waals surface area contributed by atoms with Crippen LogP contribution in [0.4, 0.5) is 0 Å². The van der Waals surface area contributed by atoms with Gasteiger partial charge in [-0.1, -0.05) is 60.7 Å². The summed E-state index contributed by atoms with van der Waals surface area (Å²) in [6.07, 6.45) is 5.51. The van der Waals surface area contributed by atoms with Gasteiger partial charge in [-0.3, -0.25) is 14.6 Å². The van der Waals surface area contributed by atoms with E-state index in [1.54, 1.807) is 0 Å². The van der Waals surface area contributed by atoms with Crippen molar-refractivity contribution in [1.82, 2.24) is 15.1 Å². The van der Waals surface area contributed by atoms with Crippen LogP contribution >= 0.6 is 0 Å². The zero-order valence-electron chi connectivity index (χ0n) is 18.0. The highest BCUT2D eigenvalue weighted by Crippen LogP contribution is 2.24. The van der Waals surface area contributed by atoms with Crippen molar-refractivity contribution in [3.05, 3.63) is 71.8 Å². The van der Waals surface area contributed by atoms with Gasteiger partial charge in [0.05, 0.1) is 5.92 Å². The molecule has 2 fully saturated rings. The Balaban J connectivity index is 1.20. The third-order valence-corrected chi connectivity index (χ3v) is 6.70. The summed E-state index contributed by atoms with van der Waals surface area (Å²) in [5.41, 5.74) is 2.69. The summed E-state index contributed by atoms with van der Waals surface area (Å²) in [6.45, 7) is 6.18. The van der Waals surface area contributed by atoms with Gasteiger partial charge >= 0.3 is 0 Å². The molecule has 0 bridgehead atoms. The average molecular weight is 406 g/mol. The molecule has 1 N–H and O–H groups in total. The number of carbonyl (C=O) groups is 1. The molecule has 2 aromatic carbocycles. The lowest BCUT2D eigenvalue weighted by Gasteiger charge is -2.42. The maximum atomic E-state index is 12.7. The second-order valence-corrected chi connectivity index (χ2v) is 8.85. The molecule has 160 valence electrons. The first-order chi connectivity index (χ1) is 14.8. The molecule has 0 spiro atoms. The fraction of sp³-hybridized carbons (Fsp3) is 0.500. The Hall–Kier alpha value is -2.17. The third-order valence-electron chi connectivity index (χ3n) is 6.70. The van der Waals surface area contributed by atoms with Crippen molar-refractivity contribution in [1.29, 1.82) is 0 Å². The van der Waals surface area contributed by atoms with Crippen LogP contribution in [0.15, 0.2) is 60.7 Å². The first kappa shape index (κ1) is 21.1. The van der Waals surface area contributed by atoms with Gasteiger partial charge in [0.2, 0.25) is 5.91 Å². The van der Waals surface area contributed by atoms with E-state index in [9.17, 15) is 4.79 Å². The molecule has 0 aromatic heterocycles. The second-order valence-electron chi connectivity index (χ2n) is 8.85. The van der Waals surface area contributed by atoms with Crippen LogP contribution in [0.25, 0.3) is 0 Å². The molecule has 4 rings (SSSR count). The molecule has 4 nitrogen and oxygen atoms in total. The summed E-state index contributed by atoms with van der Waals surface area (Å²) in [5, 5.41) is 3.18. The highest BCUT2D eigenvalue weighted by atomic mass is 16.1. The van der Waals surface area contributed by atoms with Crippen molar-refractivity contribution in [2.75, 3.05) is 32.7 Å². The summed E-state index contributed by atoms with van der Waals surface area (Å²) in [5.74, 6) is 0.397. The van der Waals surface area contributed by atoms with E-state index in [2.05, 4.69) is 69.7 Å². The fourth-order valence-electron chi connectivity index (χ4n) is 4.96. The zero-order valence-corrected chi connectivity index (χ0v) is 18.0. The lowest BCUT2D eigenvalue weighted by molar-refractivity contribution is -0.127. The van der Waals surface area contributed by atoms with E-state index in [1.807, 2.05) is 6.07 Å². The van der Waals surface area contributed by atoms with Gasteiger partial charge in [0.1, 0.15) is 0 Å². The van der Waals surface area contributed by atoms with Crippen molar-refractivity contribution in [2.24, 2.45) is 5.92 Å². The number of amides is 1. The molecule has 2 aromatic rings. The number of hydrogen-bond donors (Lipinski definition) is 1. The van der Waals surface area contributed by atoms with E-state index in [0.717, 1.165) is 58.5 Å². The molecule has 4 heteroatoms. The molecule has 0 saturated carbocycles. The number of piperidine rings is 2. The monoisotopic (exact) mass is 405 g/mol. The molecular formula is C26H35N3O. The van der Waals surface area contributed by atoms with Crippen LogP contribution in [0.1, 0.15) is 36.8 Å². The van der Waals surface area contributed by atoms with Gasteiger partial charge < -0.3 is 5.32 Å². The quantitative estimate of drug-likeness (QED) is 0.763. The normalized spacial score (nSPS) is 21.4. The van der Waals surface area contributed by atoms with Gasteiger partial charge in [-0.25, -0.2) is 0 Å². The maximum absolute atomic E-state index is 12.7. The van der Waals surface area contributed by atoms with E-state index in [4.69, 9.17) is 0 Å². The van der Waals surface area contributed by atoms with E-state index < -0.39 is 0 Å². The number of hydrogen-bond acceptors (Lipinski definition) is 3. The Morgan fingerprint density at radius 2 is 1.53 bits per heavy atom. The first-order valence-corrected chi connectivity index (χ1v) is 11.6. The summed E-state index contributed by atoms with van der Waals surface area (Å²) < 4.78 is 0. The smallest absolute Gasteiger partial charge is 0.224 e. The van der Waals surface area contributed by atoms with Crippen molar-refractivity contribution < 1.29 is 4.79 Å². The lowest BCUT2D eigenvalue weighted by Crippen LogP contribution is -2.50. The number of likely N-dealkylation sites (tertiary alicyclic amines) is 2. The largest absolute Gasteiger partial charge is 0.355 e. The van der Waals surface area contributed by atoms with Gasteiger partial charge in [0.25, 0.3) is 0 Å². The van der Waals surface area contributed by atoms with Crippen LogP contribution in [0, 0.1) is 5.92 Å². The highest BCUT2D eigenvalue weighted by molar-refractivity contribution is 5.79. The number of benzene rings is 2. The van der Waals surface area contributed by atoms with Gasteiger partial charge in [-0.05, 0) is 62.9 Å². The average Bonchev–Trinajstić information content (AvgIpc) is 2.81. The topological polar surface area (TPSA) is 35.6 Å². The Kier molecular flexibility index (Phi) is 7.54. The van der Waals surface area contributed by atoms with E-state index >= 15 is 0 Å². The standard InChI is InChI=1S/C26H35N3O/c30-26(27-16-13-22-8-3-1-4-9-22)24-12-7-17-29(21-24)25-14-18-28(19-15-25)20-23-10-5-2-6-11-23/h1-6,8-11,24-25H,7,12-21H2,(H,27,30). The molecule has 1 unspecified atom stereocenters. The molecule has 2 saturated heterocycles. The van der Waals surface area contributed by atoms with Crippen molar-refractivity contribution in [3.8, 4) is 0 Å².